The predicted octanol–water partition coefficient (Wildman–Crippen LogP) is 4.44. The standard InChI is InChI=1S/C17H12Cl2N2O3S/c18-12-5-2-6-13(15(12)19)20-16(23)11-4-1-3-10(7-11)8-21-14(22)9-25-17(21)24/h1-7H,8-9H2,(H,20,23). The summed E-state index contributed by atoms with van der Waals surface area (Å²) >= 11 is 13.0. The minimum absolute atomic E-state index is 0.143. The molecular weight excluding hydrogens is 383 g/mol. The molecule has 1 saturated heterocycles. The minimum atomic E-state index is -0.362. The van der Waals surface area contributed by atoms with Crippen LogP contribution in [-0.4, -0.2) is 27.7 Å². The second-order valence-electron chi connectivity index (χ2n) is 5.29. The van der Waals surface area contributed by atoms with Crippen molar-refractivity contribution in [2.24, 2.45) is 0 Å². The fraction of sp³-hybridized carbons (Fsp3) is 0.118. The Morgan fingerprint density at radius 2 is 1.92 bits per heavy atom. The lowest BCUT2D eigenvalue weighted by Crippen LogP contribution is -2.28. The van der Waals surface area contributed by atoms with Gasteiger partial charge < -0.3 is 5.32 Å². The van der Waals surface area contributed by atoms with Crippen molar-refractivity contribution in [2.75, 3.05) is 11.1 Å². The maximum Gasteiger partial charge on any atom is 0.289 e. The molecule has 128 valence electrons. The van der Waals surface area contributed by atoms with Gasteiger partial charge in [-0.3, -0.25) is 19.3 Å². The third kappa shape index (κ3) is 3.98. The fourth-order valence-corrected chi connectivity index (χ4v) is 3.39. The number of hydrogen-bond donors (Lipinski definition) is 1. The quantitative estimate of drug-likeness (QED) is 0.831. The zero-order valence-corrected chi connectivity index (χ0v) is 15.1. The van der Waals surface area contributed by atoms with E-state index in [-0.39, 0.29) is 34.4 Å². The van der Waals surface area contributed by atoms with Crippen molar-refractivity contribution in [3.05, 3.63) is 63.6 Å². The van der Waals surface area contributed by atoms with Crippen LogP contribution in [0, 0.1) is 0 Å². The number of carbonyl (C=O) groups is 3. The van der Waals surface area contributed by atoms with Crippen LogP contribution in [0.25, 0.3) is 0 Å². The zero-order chi connectivity index (χ0) is 18.0. The number of nitrogens with zero attached hydrogens (tertiary/aromatic N) is 1. The summed E-state index contributed by atoms with van der Waals surface area (Å²) in [7, 11) is 0. The van der Waals surface area contributed by atoms with Crippen molar-refractivity contribution in [2.45, 2.75) is 6.54 Å². The Bertz CT molecular complexity index is 857. The van der Waals surface area contributed by atoms with Gasteiger partial charge in [0, 0.05) is 5.56 Å². The minimum Gasteiger partial charge on any atom is -0.321 e. The van der Waals surface area contributed by atoms with Crippen LogP contribution < -0.4 is 5.32 Å². The molecule has 2 aromatic carbocycles. The van der Waals surface area contributed by atoms with Crippen LogP contribution in [0.5, 0.6) is 0 Å². The SMILES string of the molecule is O=C(Nc1cccc(Cl)c1Cl)c1cccc(CN2C(=O)CSC2=O)c1. The summed E-state index contributed by atoms with van der Waals surface area (Å²) in [6, 6.07) is 11.7. The molecule has 1 aliphatic heterocycles. The number of halogens is 2. The van der Waals surface area contributed by atoms with E-state index in [9.17, 15) is 14.4 Å². The first-order chi connectivity index (χ1) is 12.0. The lowest BCUT2D eigenvalue weighted by molar-refractivity contribution is -0.125. The number of amides is 3. The van der Waals surface area contributed by atoms with E-state index in [2.05, 4.69) is 5.32 Å². The first-order valence-electron chi connectivity index (χ1n) is 7.27. The van der Waals surface area contributed by atoms with Crippen molar-refractivity contribution >= 4 is 57.7 Å². The first-order valence-corrected chi connectivity index (χ1v) is 9.01. The Kier molecular flexibility index (Phi) is 5.32. The molecule has 2 aromatic rings. The van der Waals surface area contributed by atoms with Gasteiger partial charge in [0.1, 0.15) is 0 Å². The lowest BCUT2D eigenvalue weighted by atomic mass is 10.1. The third-order valence-corrected chi connectivity index (χ3v) is 5.25. The van der Waals surface area contributed by atoms with Gasteiger partial charge in [0.2, 0.25) is 5.91 Å². The largest absolute Gasteiger partial charge is 0.321 e. The highest BCUT2D eigenvalue weighted by atomic mass is 35.5. The Balaban J connectivity index is 1.76. The number of imide groups is 1. The van der Waals surface area contributed by atoms with Gasteiger partial charge in [0.05, 0.1) is 28.0 Å². The van der Waals surface area contributed by atoms with Crippen LogP contribution in [0.1, 0.15) is 15.9 Å². The zero-order valence-electron chi connectivity index (χ0n) is 12.8. The van der Waals surface area contributed by atoms with Gasteiger partial charge in [-0.1, -0.05) is 53.2 Å². The number of nitrogens with one attached hydrogen (secondary N) is 1. The first kappa shape index (κ1) is 17.8. The fourth-order valence-electron chi connectivity index (χ4n) is 2.32. The summed E-state index contributed by atoms with van der Waals surface area (Å²) in [6.45, 7) is 0.143. The van der Waals surface area contributed by atoms with Crippen molar-refractivity contribution in [1.29, 1.82) is 0 Å². The van der Waals surface area contributed by atoms with Gasteiger partial charge in [0.25, 0.3) is 11.1 Å². The van der Waals surface area contributed by atoms with Crippen LogP contribution in [0.2, 0.25) is 10.0 Å². The smallest absolute Gasteiger partial charge is 0.289 e. The normalized spacial score (nSPS) is 14.1. The molecule has 25 heavy (non-hydrogen) atoms. The summed E-state index contributed by atoms with van der Waals surface area (Å²) < 4.78 is 0. The highest BCUT2D eigenvalue weighted by molar-refractivity contribution is 8.14. The highest BCUT2D eigenvalue weighted by Gasteiger charge is 2.29. The molecule has 1 aliphatic rings. The Morgan fingerprint density at radius 3 is 2.64 bits per heavy atom. The number of rotatable bonds is 4. The molecule has 0 unspecified atom stereocenters. The van der Waals surface area contributed by atoms with E-state index >= 15 is 0 Å². The predicted molar refractivity (Wildman–Crippen MR) is 99.3 cm³/mol. The molecule has 0 spiro atoms. The van der Waals surface area contributed by atoms with Gasteiger partial charge in [0.15, 0.2) is 0 Å². The summed E-state index contributed by atoms with van der Waals surface area (Å²) in [5.41, 5.74) is 1.49. The van der Waals surface area contributed by atoms with Crippen LogP contribution in [0.4, 0.5) is 10.5 Å². The Labute approximate surface area is 158 Å². The van der Waals surface area contributed by atoms with Crippen molar-refractivity contribution in [3.8, 4) is 0 Å². The number of benzene rings is 2. The highest BCUT2D eigenvalue weighted by Crippen LogP contribution is 2.30. The topological polar surface area (TPSA) is 66.5 Å². The van der Waals surface area contributed by atoms with Crippen molar-refractivity contribution in [3.63, 3.8) is 0 Å². The van der Waals surface area contributed by atoms with E-state index in [4.69, 9.17) is 23.2 Å². The lowest BCUT2D eigenvalue weighted by Gasteiger charge is -2.13. The molecule has 0 bridgehead atoms. The summed E-state index contributed by atoms with van der Waals surface area (Å²) in [4.78, 5) is 37.0. The molecule has 5 nitrogen and oxygen atoms in total. The average Bonchev–Trinajstić information content (AvgIpc) is 2.91. The summed E-state index contributed by atoms with van der Waals surface area (Å²) in [5, 5.41) is 3.03. The summed E-state index contributed by atoms with van der Waals surface area (Å²) in [6.07, 6.45) is 0. The molecule has 1 N–H and O–H groups in total. The van der Waals surface area contributed by atoms with E-state index < -0.39 is 0 Å². The number of anilines is 1. The molecule has 0 aromatic heterocycles. The maximum absolute atomic E-state index is 12.4. The molecule has 8 heteroatoms. The number of hydrogen-bond acceptors (Lipinski definition) is 4. The summed E-state index contributed by atoms with van der Waals surface area (Å²) in [5.74, 6) is -0.429. The molecule has 0 saturated carbocycles. The molecule has 0 aliphatic carbocycles. The monoisotopic (exact) mass is 394 g/mol. The second-order valence-corrected chi connectivity index (χ2v) is 7.00. The molecule has 1 fully saturated rings. The molecule has 0 atom stereocenters. The Hall–Kier alpha value is -2.02. The van der Waals surface area contributed by atoms with Gasteiger partial charge in [-0.15, -0.1) is 0 Å². The molecule has 0 radical (unpaired) electrons. The molecule has 3 rings (SSSR count). The molecular formula is C17H12Cl2N2O3S. The van der Waals surface area contributed by atoms with E-state index in [0.717, 1.165) is 11.8 Å². The van der Waals surface area contributed by atoms with Crippen LogP contribution in [0.3, 0.4) is 0 Å². The van der Waals surface area contributed by atoms with Gasteiger partial charge in [-0.25, -0.2) is 0 Å². The second kappa shape index (κ2) is 7.47. The van der Waals surface area contributed by atoms with E-state index in [0.29, 0.717) is 21.8 Å². The van der Waals surface area contributed by atoms with Crippen molar-refractivity contribution < 1.29 is 14.4 Å². The third-order valence-electron chi connectivity index (χ3n) is 3.57. The van der Waals surface area contributed by atoms with Crippen molar-refractivity contribution in [1.82, 2.24) is 4.90 Å². The van der Waals surface area contributed by atoms with E-state index in [1.165, 1.54) is 4.90 Å². The number of thioether (sulfide) groups is 1. The van der Waals surface area contributed by atoms with Crippen LogP contribution in [-0.2, 0) is 11.3 Å². The maximum atomic E-state index is 12.4. The van der Waals surface area contributed by atoms with Gasteiger partial charge in [-0.05, 0) is 29.8 Å². The number of carbonyl (C=O) groups excluding carboxylic acids is 3. The van der Waals surface area contributed by atoms with Gasteiger partial charge in [-0.2, -0.15) is 0 Å². The average molecular weight is 395 g/mol. The molecule has 3 amide bonds. The van der Waals surface area contributed by atoms with Gasteiger partial charge >= 0.3 is 0 Å². The van der Waals surface area contributed by atoms with Crippen LogP contribution >= 0.6 is 35.0 Å². The van der Waals surface area contributed by atoms with E-state index in [1.54, 1.807) is 42.5 Å². The van der Waals surface area contributed by atoms with E-state index in [1.807, 2.05) is 0 Å². The van der Waals surface area contributed by atoms with Crippen LogP contribution in [0.15, 0.2) is 42.5 Å². The Morgan fingerprint density at radius 1 is 1.16 bits per heavy atom. The molecule has 1 heterocycles.